The number of pyridine rings is 1. The van der Waals surface area contributed by atoms with Crippen LogP contribution >= 0.6 is 0 Å². The first-order chi connectivity index (χ1) is 17.1. The Kier molecular flexibility index (Phi) is 5.89. The monoisotopic (exact) mass is 468 g/mol. The molecule has 5 aromatic rings. The maximum Gasteiger partial charge on any atom is 0.255 e. The second kappa shape index (κ2) is 9.30. The minimum Gasteiger partial charge on any atom is -0.493 e. The molecule has 6 nitrogen and oxygen atoms in total. The predicted molar refractivity (Wildman–Crippen MR) is 133 cm³/mol. The number of fused-ring (bicyclic) bond motifs is 2. The molecule has 0 saturated carbocycles. The lowest BCUT2D eigenvalue weighted by molar-refractivity contribution is 0.102. The number of carbonyl (C=O) groups is 1. The van der Waals surface area contributed by atoms with Gasteiger partial charge in [-0.3, -0.25) is 9.78 Å². The fraction of sp³-hybridized carbons (Fsp3) is 0.0714. The number of methoxy groups -OCH3 is 2. The molecule has 7 heteroatoms. The van der Waals surface area contributed by atoms with Crippen LogP contribution in [0.1, 0.15) is 10.4 Å². The number of nitrogens with zero attached hydrogens (tertiary/aromatic N) is 1. The molecule has 0 aliphatic rings. The van der Waals surface area contributed by atoms with Crippen molar-refractivity contribution in [3.05, 3.63) is 96.4 Å². The third-order valence-corrected chi connectivity index (χ3v) is 5.62. The smallest absolute Gasteiger partial charge is 0.255 e. The molecule has 0 spiro atoms. The highest BCUT2D eigenvalue weighted by atomic mass is 19.1. The van der Waals surface area contributed by atoms with Crippen LogP contribution in [0, 0.1) is 5.82 Å². The van der Waals surface area contributed by atoms with Gasteiger partial charge in [0.2, 0.25) is 0 Å². The first-order valence-electron chi connectivity index (χ1n) is 10.8. The fourth-order valence-corrected chi connectivity index (χ4v) is 3.92. The van der Waals surface area contributed by atoms with E-state index in [1.165, 1.54) is 18.2 Å². The van der Waals surface area contributed by atoms with Crippen LogP contribution in [0.3, 0.4) is 0 Å². The second-order valence-electron chi connectivity index (χ2n) is 7.79. The van der Waals surface area contributed by atoms with E-state index in [0.717, 1.165) is 16.2 Å². The molecule has 0 fully saturated rings. The number of hydrogen-bond acceptors (Lipinski definition) is 5. The van der Waals surface area contributed by atoms with Crippen molar-refractivity contribution in [3.8, 4) is 23.0 Å². The quantitative estimate of drug-likeness (QED) is 0.304. The molecule has 0 aliphatic heterocycles. The van der Waals surface area contributed by atoms with Crippen LogP contribution in [0.5, 0.6) is 23.0 Å². The Hall–Kier alpha value is -4.65. The van der Waals surface area contributed by atoms with Gasteiger partial charge in [-0.2, -0.15) is 0 Å². The number of nitrogens with one attached hydrogen (secondary N) is 1. The first kappa shape index (κ1) is 22.2. The van der Waals surface area contributed by atoms with E-state index in [1.54, 1.807) is 44.7 Å². The predicted octanol–water partition coefficient (Wildman–Crippen LogP) is 6.59. The molecule has 174 valence electrons. The van der Waals surface area contributed by atoms with E-state index in [4.69, 9.17) is 14.2 Å². The van der Waals surface area contributed by atoms with E-state index in [9.17, 15) is 9.18 Å². The van der Waals surface area contributed by atoms with E-state index in [-0.39, 0.29) is 11.5 Å². The van der Waals surface area contributed by atoms with Crippen molar-refractivity contribution in [3.63, 3.8) is 0 Å². The minimum absolute atomic E-state index is 0.249. The number of amides is 1. The molecule has 0 unspecified atom stereocenters. The summed E-state index contributed by atoms with van der Waals surface area (Å²) in [6.45, 7) is 0. The maximum atomic E-state index is 13.5. The normalized spacial score (nSPS) is 10.8. The number of benzene rings is 4. The second-order valence-corrected chi connectivity index (χ2v) is 7.79. The van der Waals surface area contributed by atoms with Gasteiger partial charge in [0, 0.05) is 34.3 Å². The topological polar surface area (TPSA) is 69.7 Å². The molecular weight excluding hydrogens is 447 g/mol. The van der Waals surface area contributed by atoms with E-state index in [2.05, 4.69) is 10.3 Å². The lowest BCUT2D eigenvalue weighted by atomic mass is 10.1. The largest absolute Gasteiger partial charge is 0.493 e. The molecule has 0 bridgehead atoms. The van der Waals surface area contributed by atoms with Crippen LogP contribution in [0.2, 0.25) is 0 Å². The van der Waals surface area contributed by atoms with Crippen molar-refractivity contribution >= 4 is 33.3 Å². The average molecular weight is 468 g/mol. The Bertz CT molecular complexity index is 1570. The Morgan fingerprint density at radius 1 is 0.829 bits per heavy atom. The van der Waals surface area contributed by atoms with Crippen molar-refractivity contribution in [2.45, 2.75) is 0 Å². The highest BCUT2D eigenvalue weighted by Gasteiger charge is 2.13. The van der Waals surface area contributed by atoms with E-state index < -0.39 is 5.82 Å². The van der Waals surface area contributed by atoms with E-state index >= 15 is 0 Å². The summed E-state index contributed by atoms with van der Waals surface area (Å²) in [6, 6.07) is 22.2. The number of ether oxygens (including phenoxy) is 3. The molecule has 1 aromatic heterocycles. The lowest BCUT2D eigenvalue weighted by Gasteiger charge is -2.13. The highest BCUT2D eigenvalue weighted by molar-refractivity contribution is 6.09. The van der Waals surface area contributed by atoms with Crippen LogP contribution in [0.25, 0.3) is 21.7 Å². The van der Waals surface area contributed by atoms with E-state index in [1.807, 2.05) is 36.4 Å². The lowest BCUT2D eigenvalue weighted by Crippen LogP contribution is -2.12. The van der Waals surface area contributed by atoms with Crippen molar-refractivity contribution in [1.82, 2.24) is 4.98 Å². The summed E-state index contributed by atoms with van der Waals surface area (Å²) in [5, 5.41) is 5.35. The summed E-state index contributed by atoms with van der Waals surface area (Å²) in [5.41, 5.74) is 1.58. The zero-order valence-electron chi connectivity index (χ0n) is 19.0. The van der Waals surface area contributed by atoms with Crippen LogP contribution < -0.4 is 19.5 Å². The molecule has 0 radical (unpaired) electrons. The van der Waals surface area contributed by atoms with Crippen LogP contribution in [-0.2, 0) is 0 Å². The van der Waals surface area contributed by atoms with Gasteiger partial charge in [-0.05, 0) is 60.0 Å². The molecule has 1 heterocycles. The SMILES string of the molecule is COc1cc2nccc(Oc3ccc4c(NC(=O)c5cccc(F)c5)cccc4c3)c2cc1OC. The maximum absolute atomic E-state index is 13.5. The van der Waals surface area contributed by atoms with Gasteiger partial charge in [-0.1, -0.05) is 18.2 Å². The zero-order chi connectivity index (χ0) is 24.4. The van der Waals surface area contributed by atoms with Crippen LogP contribution in [-0.4, -0.2) is 25.1 Å². The summed E-state index contributed by atoms with van der Waals surface area (Å²) in [6.07, 6.45) is 1.67. The third-order valence-electron chi connectivity index (χ3n) is 5.62. The van der Waals surface area contributed by atoms with Gasteiger partial charge in [0.25, 0.3) is 5.91 Å². The molecule has 0 aliphatic carbocycles. The number of anilines is 1. The van der Waals surface area contributed by atoms with Gasteiger partial charge in [-0.15, -0.1) is 0 Å². The van der Waals surface area contributed by atoms with Gasteiger partial charge in [0.1, 0.15) is 17.3 Å². The summed E-state index contributed by atoms with van der Waals surface area (Å²) in [5.74, 6) is 1.56. The fourth-order valence-electron chi connectivity index (χ4n) is 3.92. The third kappa shape index (κ3) is 4.44. The van der Waals surface area contributed by atoms with Crippen molar-refractivity contribution in [2.24, 2.45) is 0 Å². The van der Waals surface area contributed by atoms with Crippen LogP contribution in [0.4, 0.5) is 10.1 Å². The molecule has 35 heavy (non-hydrogen) atoms. The Morgan fingerprint density at radius 3 is 2.43 bits per heavy atom. The van der Waals surface area contributed by atoms with Crippen molar-refractivity contribution < 1.29 is 23.4 Å². The van der Waals surface area contributed by atoms with Gasteiger partial charge < -0.3 is 19.5 Å². The first-order valence-corrected chi connectivity index (χ1v) is 10.8. The van der Waals surface area contributed by atoms with Gasteiger partial charge in [-0.25, -0.2) is 4.39 Å². The molecule has 0 saturated heterocycles. The van der Waals surface area contributed by atoms with Gasteiger partial charge in [0.05, 0.1) is 19.7 Å². The molecule has 1 N–H and O–H groups in total. The summed E-state index contributed by atoms with van der Waals surface area (Å²) in [7, 11) is 3.16. The number of aromatic nitrogens is 1. The number of rotatable bonds is 6. The van der Waals surface area contributed by atoms with E-state index in [0.29, 0.717) is 34.2 Å². The van der Waals surface area contributed by atoms with Crippen molar-refractivity contribution in [2.75, 3.05) is 19.5 Å². The molecule has 1 amide bonds. The van der Waals surface area contributed by atoms with Crippen molar-refractivity contribution in [1.29, 1.82) is 0 Å². The number of halogens is 1. The summed E-state index contributed by atoms with van der Waals surface area (Å²) < 4.78 is 30.5. The molecule has 0 atom stereocenters. The molecule has 4 aromatic carbocycles. The number of hydrogen-bond donors (Lipinski definition) is 1. The van der Waals surface area contributed by atoms with Crippen LogP contribution in [0.15, 0.2) is 85.1 Å². The standard InChI is InChI=1S/C28H21FN2O4/c1-33-26-15-22-24(16-27(26)34-2)30-12-11-25(22)35-20-9-10-21-17(14-20)5-4-8-23(21)31-28(32)18-6-3-7-19(29)13-18/h3-16H,1-2H3,(H,31,32). The summed E-state index contributed by atoms with van der Waals surface area (Å²) >= 11 is 0. The zero-order valence-corrected chi connectivity index (χ0v) is 19.0. The minimum atomic E-state index is -0.461. The summed E-state index contributed by atoms with van der Waals surface area (Å²) in [4.78, 5) is 17.0. The van der Waals surface area contributed by atoms with Gasteiger partial charge in [0.15, 0.2) is 11.5 Å². The number of carbonyl (C=O) groups excluding carboxylic acids is 1. The Balaban J connectivity index is 1.46. The highest BCUT2D eigenvalue weighted by Crippen LogP contribution is 2.37. The van der Waals surface area contributed by atoms with Gasteiger partial charge >= 0.3 is 0 Å². The Labute approximate surface area is 200 Å². The molecular formula is C28H21FN2O4. The Morgan fingerprint density at radius 2 is 1.63 bits per heavy atom. The molecule has 5 rings (SSSR count). The average Bonchev–Trinajstić information content (AvgIpc) is 2.88.